The molecule has 27 heavy (non-hydrogen) atoms. The molecule has 4 unspecified atom stereocenters. The lowest BCUT2D eigenvalue weighted by Crippen LogP contribution is -2.56. The van der Waals surface area contributed by atoms with Crippen molar-refractivity contribution in [3.05, 3.63) is 35.6 Å². The molecule has 1 N–H and O–H groups in total. The minimum atomic E-state index is -1.35. The number of amides is 2. The molecule has 0 spiro atoms. The Morgan fingerprint density at radius 2 is 2.04 bits per heavy atom. The van der Waals surface area contributed by atoms with Gasteiger partial charge in [-0.05, 0) is 31.4 Å². The van der Waals surface area contributed by atoms with E-state index < -0.39 is 47.0 Å². The molecular weight excluding hydrogens is 371 g/mol. The standard InChI is InChI=1S/C19H23FN2O4S/c1-4-26-18(25)19(9-10-27-3)14-13(16(23)22(2)17(14)24)15(21-19)11-7-5-6-8-12(11)20/h5-8,13-15,21H,4,9-10H2,1-3H3. The predicted octanol–water partition coefficient (Wildman–Crippen LogP) is 1.76. The number of benzene rings is 1. The first-order chi connectivity index (χ1) is 12.9. The number of fused-ring (bicyclic) bond motifs is 1. The minimum absolute atomic E-state index is 0.154. The molecule has 1 aromatic rings. The Bertz CT molecular complexity index is 774. The van der Waals surface area contributed by atoms with Crippen LogP contribution in [-0.4, -0.2) is 53.9 Å². The van der Waals surface area contributed by atoms with Crippen molar-refractivity contribution in [1.29, 1.82) is 0 Å². The molecule has 2 aliphatic heterocycles. The summed E-state index contributed by atoms with van der Waals surface area (Å²) < 4.78 is 19.8. The molecule has 1 aromatic carbocycles. The van der Waals surface area contributed by atoms with Gasteiger partial charge in [-0.2, -0.15) is 11.8 Å². The number of thioether (sulfide) groups is 1. The molecule has 2 fully saturated rings. The fourth-order valence-electron chi connectivity index (χ4n) is 4.18. The highest BCUT2D eigenvalue weighted by atomic mass is 32.2. The Balaban J connectivity index is 2.14. The van der Waals surface area contributed by atoms with E-state index in [9.17, 15) is 18.8 Å². The smallest absolute Gasteiger partial charge is 0.327 e. The number of halogens is 1. The number of nitrogens with zero attached hydrogens (tertiary/aromatic N) is 1. The van der Waals surface area contributed by atoms with Crippen molar-refractivity contribution >= 4 is 29.5 Å². The van der Waals surface area contributed by atoms with E-state index in [0.717, 1.165) is 4.90 Å². The van der Waals surface area contributed by atoms with Crippen LogP contribution in [0.25, 0.3) is 0 Å². The fraction of sp³-hybridized carbons (Fsp3) is 0.526. The third-order valence-electron chi connectivity index (χ3n) is 5.46. The summed E-state index contributed by atoms with van der Waals surface area (Å²) >= 11 is 1.53. The van der Waals surface area contributed by atoms with Crippen molar-refractivity contribution in [3.63, 3.8) is 0 Å². The van der Waals surface area contributed by atoms with Gasteiger partial charge in [0, 0.05) is 18.7 Å². The van der Waals surface area contributed by atoms with E-state index in [4.69, 9.17) is 4.74 Å². The van der Waals surface area contributed by atoms with Crippen LogP contribution < -0.4 is 5.32 Å². The van der Waals surface area contributed by atoms with E-state index in [2.05, 4.69) is 5.32 Å². The van der Waals surface area contributed by atoms with E-state index in [1.165, 1.54) is 24.9 Å². The number of carbonyl (C=O) groups is 3. The van der Waals surface area contributed by atoms with Crippen LogP contribution in [0.2, 0.25) is 0 Å². The topological polar surface area (TPSA) is 75.7 Å². The summed E-state index contributed by atoms with van der Waals surface area (Å²) in [5, 5.41) is 3.17. The van der Waals surface area contributed by atoms with E-state index in [1.807, 2.05) is 6.26 Å². The molecule has 0 aromatic heterocycles. The summed E-state index contributed by atoms with van der Waals surface area (Å²) in [6.07, 6.45) is 2.21. The van der Waals surface area contributed by atoms with Gasteiger partial charge < -0.3 is 4.74 Å². The SMILES string of the molecule is CCOC(=O)C1(CCSC)NC(c2ccccc2F)C2C(=O)N(C)C(=O)C21. The van der Waals surface area contributed by atoms with Crippen LogP contribution >= 0.6 is 11.8 Å². The zero-order valence-corrected chi connectivity index (χ0v) is 16.3. The van der Waals surface area contributed by atoms with Gasteiger partial charge in [-0.3, -0.25) is 24.6 Å². The lowest BCUT2D eigenvalue weighted by atomic mass is 9.77. The van der Waals surface area contributed by atoms with Gasteiger partial charge in [0.15, 0.2) is 0 Å². The quantitative estimate of drug-likeness (QED) is 0.585. The Hall–Kier alpha value is -1.93. The van der Waals surface area contributed by atoms with Gasteiger partial charge in [0.05, 0.1) is 18.4 Å². The number of rotatable bonds is 6. The number of nitrogens with one attached hydrogen (secondary N) is 1. The van der Waals surface area contributed by atoms with Crippen molar-refractivity contribution in [1.82, 2.24) is 10.2 Å². The van der Waals surface area contributed by atoms with Gasteiger partial charge in [-0.1, -0.05) is 18.2 Å². The van der Waals surface area contributed by atoms with Crippen molar-refractivity contribution in [2.45, 2.75) is 24.9 Å². The van der Waals surface area contributed by atoms with Crippen molar-refractivity contribution in [2.24, 2.45) is 11.8 Å². The second kappa shape index (κ2) is 7.59. The maximum absolute atomic E-state index is 14.5. The molecule has 0 saturated carbocycles. The van der Waals surface area contributed by atoms with Gasteiger partial charge in [-0.25, -0.2) is 4.39 Å². The highest BCUT2D eigenvalue weighted by Gasteiger charge is 2.68. The maximum Gasteiger partial charge on any atom is 0.327 e. The molecule has 2 saturated heterocycles. The van der Waals surface area contributed by atoms with Crippen molar-refractivity contribution in [3.8, 4) is 0 Å². The molecular formula is C19H23FN2O4S. The molecule has 2 amide bonds. The van der Waals surface area contributed by atoms with Crippen LogP contribution in [0.3, 0.4) is 0 Å². The Morgan fingerprint density at radius 3 is 2.67 bits per heavy atom. The summed E-state index contributed by atoms with van der Waals surface area (Å²) in [5.41, 5.74) is -1.08. The molecule has 6 nitrogen and oxygen atoms in total. The monoisotopic (exact) mass is 394 g/mol. The molecule has 0 aliphatic carbocycles. The Labute approximate surface area is 161 Å². The molecule has 3 rings (SSSR count). The van der Waals surface area contributed by atoms with E-state index in [1.54, 1.807) is 25.1 Å². The van der Waals surface area contributed by atoms with Crippen LogP contribution in [-0.2, 0) is 19.1 Å². The van der Waals surface area contributed by atoms with Gasteiger partial charge in [0.25, 0.3) is 0 Å². The largest absolute Gasteiger partial charge is 0.465 e. The Morgan fingerprint density at radius 1 is 1.33 bits per heavy atom. The number of imide groups is 1. The molecule has 0 bridgehead atoms. The van der Waals surface area contributed by atoms with Crippen LogP contribution in [0.4, 0.5) is 4.39 Å². The number of ether oxygens (including phenoxy) is 1. The molecule has 2 heterocycles. The van der Waals surface area contributed by atoms with Gasteiger partial charge in [-0.15, -0.1) is 0 Å². The van der Waals surface area contributed by atoms with Crippen LogP contribution in [0.1, 0.15) is 24.9 Å². The number of carbonyl (C=O) groups excluding carboxylic acids is 3. The van der Waals surface area contributed by atoms with Gasteiger partial charge in [0.1, 0.15) is 11.4 Å². The second-order valence-electron chi connectivity index (χ2n) is 6.82. The van der Waals surface area contributed by atoms with Crippen LogP contribution in [0.5, 0.6) is 0 Å². The highest BCUT2D eigenvalue weighted by Crippen LogP contribution is 2.50. The third-order valence-corrected chi connectivity index (χ3v) is 6.07. The fourth-order valence-corrected chi connectivity index (χ4v) is 4.71. The lowest BCUT2D eigenvalue weighted by molar-refractivity contribution is -0.156. The zero-order chi connectivity index (χ0) is 19.8. The molecule has 0 radical (unpaired) electrons. The zero-order valence-electron chi connectivity index (χ0n) is 15.5. The minimum Gasteiger partial charge on any atom is -0.465 e. The maximum atomic E-state index is 14.5. The first kappa shape index (κ1) is 19.8. The Kier molecular flexibility index (Phi) is 5.58. The summed E-state index contributed by atoms with van der Waals surface area (Å²) in [4.78, 5) is 39.7. The molecule has 146 valence electrons. The number of hydrogen-bond acceptors (Lipinski definition) is 6. The van der Waals surface area contributed by atoms with E-state index in [0.29, 0.717) is 12.2 Å². The second-order valence-corrected chi connectivity index (χ2v) is 7.80. The van der Waals surface area contributed by atoms with Crippen LogP contribution in [0, 0.1) is 17.7 Å². The summed E-state index contributed by atoms with van der Waals surface area (Å²) in [6, 6.07) is 5.35. The first-order valence-corrected chi connectivity index (χ1v) is 10.3. The summed E-state index contributed by atoms with van der Waals surface area (Å²) in [5.74, 6) is -3.04. The van der Waals surface area contributed by atoms with Crippen molar-refractivity contribution in [2.75, 3.05) is 25.7 Å². The molecule has 8 heteroatoms. The average Bonchev–Trinajstić information content (AvgIpc) is 3.11. The lowest BCUT2D eigenvalue weighted by Gasteiger charge is -2.32. The van der Waals surface area contributed by atoms with Crippen molar-refractivity contribution < 1.29 is 23.5 Å². The number of hydrogen-bond donors (Lipinski definition) is 1. The predicted molar refractivity (Wildman–Crippen MR) is 99.4 cm³/mol. The summed E-state index contributed by atoms with van der Waals surface area (Å²) in [6.45, 7) is 1.84. The number of esters is 1. The van der Waals surface area contributed by atoms with Gasteiger partial charge in [0.2, 0.25) is 11.8 Å². The first-order valence-electron chi connectivity index (χ1n) is 8.88. The highest BCUT2D eigenvalue weighted by molar-refractivity contribution is 7.98. The normalized spacial score (nSPS) is 29.9. The number of likely N-dealkylation sites (tertiary alicyclic amines) is 1. The van der Waals surface area contributed by atoms with E-state index >= 15 is 0 Å². The van der Waals surface area contributed by atoms with Crippen LogP contribution in [0.15, 0.2) is 24.3 Å². The summed E-state index contributed by atoms with van der Waals surface area (Å²) in [7, 11) is 1.41. The molecule has 2 aliphatic rings. The van der Waals surface area contributed by atoms with E-state index in [-0.39, 0.29) is 12.2 Å². The van der Waals surface area contributed by atoms with Gasteiger partial charge >= 0.3 is 5.97 Å². The molecule has 4 atom stereocenters. The average molecular weight is 394 g/mol. The third kappa shape index (κ3) is 3.04.